The zero-order chi connectivity index (χ0) is 30.6. The molecule has 1 atom stereocenters. The summed E-state index contributed by atoms with van der Waals surface area (Å²) in [6, 6.07) is 9.46. The van der Waals surface area contributed by atoms with Crippen molar-refractivity contribution in [2.45, 2.75) is 40.7 Å². The molecular weight excluding hydrogens is 560 g/mol. The Kier molecular flexibility index (Phi) is 9.52. The van der Waals surface area contributed by atoms with E-state index in [9.17, 15) is 14.4 Å². The molecule has 11 heteroatoms. The summed E-state index contributed by atoms with van der Waals surface area (Å²) < 4.78 is 29.3. The molecule has 0 spiro atoms. The Morgan fingerprint density at radius 2 is 1.74 bits per heavy atom. The molecule has 10 nitrogen and oxygen atoms in total. The Bertz CT molecular complexity index is 1720. The van der Waals surface area contributed by atoms with E-state index in [1.165, 1.54) is 29.9 Å². The van der Waals surface area contributed by atoms with E-state index in [1.807, 2.05) is 26.8 Å². The van der Waals surface area contributed by atoms with Crippen LogP contribution in [0.2, 0.25) is 0 Å². The Labute approximate surface area is 247 Å². The van der Waals surface area contributed by atoms with Crippen molar-refractivity contribution in [1.82, 2.24) is 4.57 Å². The van der Waals surface area contributed by atoms with E-state index in [1.54, 1.807) is 50.4 Å². The number of thiazole rings is 1. The molecule has 2 aromatic carbocycles. The molecule has 0 saturated carbocycles. The van der Waals surface area contributed by atoms with Gasteiger partial charge in [-0.15, -0.1) is 0 Å². The predicted molar refractivity (Wildman–Crippen MR) is 158 cm³/mol. The Balaban J connectivity index is 1.90. The minimum Gasteiger partial charge on any atom is -0.493 e. The molecule has 4 rings (SSSR count). The van der Waals surface area contributed by atoms with Gasteiger partial charge in [0.25, 0.3) is 5.56 Å². The minimum atomic E-state index is -0.863. The molecule has 3 aromatic rings. The van der Waals surface area contributed by atoms with Gasteiger partial charge in [-0.2, -0.15) is 0 Å². The first-order valence-electron chi connectivity index (χ1n) is 13.4. The standard InChI is InChI=1S/C31H34N2O8S/c1-8-39-22-11-9-20(13-24(22)37-6)14-26-29(35)33-28(21-10-12-23(41-19(5)34)25(15-21)38-7)27(18(4)32-31(33)42-26)30(36)40-16-17(2)3/h9-15,17,28H,8,16H2,1-7H3/b26-14+/t28-/m0/s1. The van der Waals surface area contributed by atoms with Crippen LogP contribution in [-0.4, -0.2) is 43.9 Å². The average molecular weight is 595 g/mol. The van der Waals surface area contributed by atoms with Crippen LogP contribution in [-0.2, 0) is 14.3 Å². The maximum atomic E-state index is 14.0. The fraction of sp³-hybridized carbons (Fsp3) is 0.355. The second-order valence-electron chi connectivity index (χ2n) is 9.92. The molecule has 0 radical (unpaired) electrons. The number of carbonyl (C=O) groups is 2. The van der Waals surface area contributed by atoms with Crippen molar-refractivity contribution in [1.29, 1.82) is 0 Å². The number of fused-ring (bicyclic) bond motifs is 1. The molecule has 0 fully saturated rings. The SMILES string of the molecule is CCOc1ccc(/C=c2/sc3n(c2=O)[C@@H](c2ccc(OC(C)=O)c(OC)c2)C(C(=O)OCC(C)C)=C(C)N=3)cc1OC. The first-order valence-corrected chi connectivity index (χ1v) is 14.3. The van der Waals surface area contributed by atoms with E-state index in [4.69, 9.17) is 23.7 Å². The summed E-state index contributed by atoms with van der Waals surface area (Å²) in [6.07, 6.45) is 1.75. The second kappa shape index (κ2) is 13.1. The maximum absolute atomic E-state index is 14.0. The Hall–Kier alpha value is -4.38. The lowest BCUT2D eigenvalue weighted by atomic mass is 9.95. The number of aromatic nitrogens is 1. The van der Waals surface area contributed by atoms with Gasteiger partial charge in [-0.1, -0.05) is 37.3 Å². The van der Waals surface area contributed by atoms with Crippen LogP contribution in [0.15, 0.2) is 57.5 Å². The maximum Gasteiger partial charge on any atom is 0.338 e. The third kappa shape index (κ3) is 6.41. The Morgan fingerprint density at radius 1 is 1.05 bits per heavy atom. The third-order valence-corrected chi connectivity index (χ3v) is 7.31. The summed E-state index contributed by atoms with van der Waals surface area (Å²) in [4.78, 5) is 44.1. The fourth-order valence-electron chi connectivity index (χ4n) is 4.51. The van der Waals surface area contributed by atoms with Gasteiger partial charge in [0.1, 0.15) is 0 Å². The minimum absolute atomic E-state index is 0.115. The lowest BCUT2D eigenvalue weighted by Crippen LogP contribution is -2.40. The molecular formula is C31H34N2O8S. The van der Waals surface area contributed by atoms with E-state index in [-0.39, 0.29) is 35.2 Å². The zero-order valence-corrected chi connectivity index (χ0v) is 25.5. The van der Waals surface area contributed by atoms with Gasteiger partial charge >= 0.3 is 11.9 Å². The third-order valence-electron chi connectivity index (χ3n) is 6.33. The fourth-order valence-corrected chi connectivity index (χ4v) is 5.56. The molecule has 1 aliphatic heterocycles. The first kappa shape index (κ1) is 30.6. The van der Waals surface area contributed by atoms with Crippen LogP contribution in [0.25, 0.3) is 6.08 Å². The molecule has 0 bridgehead atoms. The van der Waals surface area contributed by atoms with Crippen LogP contribution in [0.4, 0.5) is 0 Å². The smallest absolute Gasteiger partial charge is 0.338 e. The van der Waals surface area contributed by atoms with E-state index in [0.29, 0.717) is 38.7 Å². The van der Waals surface area contributed by atoms with Crippen molar-refractivity contribution in [3.63, 3.8) is 0 Å². The van der Waals surface area contributed by atoms with Gasteiger partial charge < -0.3 is 23.7 Å². The molecule has 222 valence electrons. The van der Waals surface area contributed by atoms with Gasteiger partial charge in [-0.25, -0.2) is 9.79 Å². The van der Waals surface area contributed by atoms with Crippen LogP contribution in [0.1, 0.15) is 51.8 Å². The summed E-state index contributed by atoms with van der Waals surface area (Å²) in [5.74, 6) is 0.680. The van der Waals surface area contributed by atoms with E-state index in [2.05, 4.69) is 4.99 Å². The number of hydrogen-bond donors (Lipinski definition) is 0. The summed E-state index contributed by atoms with van der Waals surface area (Å²) >= 11 is 1.21. The van der Waals surface area contributed by atoms with Crippen LogP contribution >= 0.6 is 11.3 Å². The highest BCUT2D eigenvalue weighted by atomic mass is 32.1. The number of esters is 2. The van der Waals surface area contributed by atoms with Crippen molar-refractivity contribution >= 4 is 29.4 Å². The monoisotopic (exact) mass is 594 g/mol. The largest absolute Gasteiger partial charge is 0.493 e. The summed E-state index contributed by atoms with van der Waals surface area (Å²) in [7, 11) is 3.00. The molecule has 0 unspecified atom stereocenters. The van der Waals surface area contributed by atoms with Gasteiger partial charge in [0, 0.05) is 6.92 Å². The number of benzene rings is 2. The van der Waals surface area contributed by atoms with Gasteiger partial charge in [-0.05, 0) is 61.2 Å². The summed E-state index contributed by atoms with van der Waals surface area (Å²) in [5, 5.41) is 0. The first-order chi connectivity index (χ1) is 20.1. The molecule has 1 aromatic heterocycles. The van der Waals surface area contributed by atoms with Crippen molar-refractivity contribution in [3.8, 4) is 23.0 Å². The normalized spacial score (nSPS) is 14.8. The molecule has 0 saturated heterocycles. The highest BCUT2D eigenvalue weighted by molar-refractivity contribution is 7.07. The number of nitrogens with zero attached hydrogens (tertiary/aromatic N) is 2. The lowest BCUT2D eigenvalue weighted by Gasteiger charge is -2.25. The number of allylic oxidation sites excluding steroid dienone is 1. The van der Waals surface area contributed by atoms with Crippen molar-refractivity contribution in [3.05, 3.63) is 78.5 Å². The van der Waals surface area contributed by atoms with Crippen molar-refractivity contribution in [2.75, 3.05) is 27.4 Å². The molecule has 42 heavy (non-hydrogen) atoms. The number of methoxy groups -OCH3 is 2. The molecule has 0 amide bonds. The molecule has 0 aliphatic carbocycles. The number of rotatable bonds is 10. The van der Waals surface area contributed by atoms with Crippen LogP contribution in [0, 0.1) is 5.92 Å². The predicted octanol–water partition coefficient (Wildman–Crippen LogP) is 3.78. The van der Waals surface area contributed by atoms with Crippen LogP contribution in [0.3, 0.4) is 0 Å². The lowest BCUT2D eigenvalue weighted by molar-refractivity contribution is -0.140. The summed E-state index contributed by atoms with van der Waals surface area (Å²) in [5.41, 5.74) is 1.63. The van der Waals surface area contributed by atoms with Gasteiger partial charge in [-0.3, -0.25) is 14.2 Å². The second-order valence-corrected chi connectivity index (χ2v) is 10.9. The van der Waals surface area contributed by atoms with Crippen LogP contribution < -0.4 is 33.8 Å². The van der Waals surface area contributed by atoms with Crippen molar-refractivity contribution < 1.29 is 33.3 Å². The number of ether oxygens (including phenoxy) is 5. The molecule has 1 aliphatic rings. The van der Waals surface area contributed by atoms with E-state index in [0.717, 1.165) is 5.56 Å². The van der Waals surface area contributed by atoms with Gasteiger partial charge in [0.05, 0.1) is 49.3 Å². The highest BCUT2D eigenvalue weighted by Gasteiger charge is 2.34. The quantitative estimate of drug-likeness (QED) is 0.257. The number of hydrogen-bond acceptors (Lipinski definition) is 10. The molecule has 0 N–H and O–H groups in total. The zero-order valence-electron chi connectivity index (χ0n) is 24.7. The average Bonchev–Trinajstić information content (AvgIpc) is 3.25. The van der Waals surface area contributed by atoms with Gasteiger partial charge in [0.2, 0.25) is 0 Å². The van der Waals surface area contributed by atoms with Crippen LogP contribution in [0.5, 0.6) is 23.0 Å². The van der Waals surface area contributed by atoms with E-state index >= 15 is 0 Å². The van der Waals surface area contributed by atoms with E-state index < -0.39 is 18.0 Å². The summed E-state index contributed by atoms with van der Waals surface area (Å²) in [6.45, 7) is 9.48. The van der Waals surface area contributed by atoms with Crippen molar-refractivity contribution in [2.24, 2.45) is 10.9 Å². The Morgan fingerprint density at radius 3 is 2.38 bits per heavy atom. The number of carbonyl (C=O) groups excluding carboxylic acids is 2. The topological polar surface area (TPSA) is 115 Å². The molecule has 2 heterocycles. The van der Waals surface area contributed by atoms with Gasteiger partial charge in [0.15, 0.2) is 27.8 Å². The highest BCUT2D eigenvalue weighted by Crippen LogP contribution is 2.36.